The van der Waals surface area contributed by atoms with E-state index in [-0.39, 0.29) is 18.8 Å². The molecule has 0 aliphatic carbocycles. The minimum Gasteiger partial charge on any atom is -0.394 e. The van der Waals surface area contributed by atoms with Crippen molar-refractivity contribution in [2.75, 3.05) is 13.2 Å². The van der Waals surface area contributed by atoms with Gasteiger partial charge in [0.25, 0.3) is 0 Å². The van der Waals surface area contributed by atoms with E-state index in [1.54, 1.807) is 0 Å². The van der Waals surface area contributed by atoms with E-state index < -0.39 is 0 Å². The Morgan fingerprint density at radius 1 is 1.67 bits per heavy atom. The fourth-order valence-electron chi connectivity index (χ4n) is 0.920. The van der Waals surface area contributed by atoms with Crippen molar-refractivity contribution in [2.24, 2.45) is 0 Å². The topological polar surface area (TPSA) is 58.9 Å². The Balaban J connectivity index is 2.32. The van der Waals surface area contributed by atoms with Gasteiger partial charge in [0.05, 0.1) is 6.61 Å². The van der Waals surface area contributed by atoms with E-state index in [1.165, 1.54) is 0 Å². The summed E-state index contributed by atoms with van der Waals surface area (Å²) in [6.45, 7) is 0.460. The molecule has 0 aromatic carbocycles. The van der Waals surface area contributed by atoms with Crippen LogP contribution in [0.25, 0.3) is 0 Å². The number of hydrogen-bond donors (Lipinski definition) is 2. The maximum absolute atomic E-state index is 8.55. The van der Waals surface area contributed by atoms with Gasteiger partial charge in [-0.1, -0.05) is 0 Å². The molecule has 0 spiro atoms. The number of aliphatic hydroxyl groups excluding tert-OH is 1. The Labute approximate surface area is 52.9 Å². The van der Waals surface area contributed by atoms with Crippen LogP contribution >= 0.6 is 0 Å². The lowest BCUT2D eigenvalue weighted by Gasteiger charge is -2.10. The van der Waals surface area contributed by atoms with Gasteiger partial charge in [0.15, 0.2) is 0 Å². The highest BCUT2D eigenvalue weighted by Gasteiger charge is 2.28. The lowest BCUT2D eigenvalue weighted by atomic mass is 10.2. The third-order valence-electron chi connectivity index (χ3n) is 1.46. The van der Waals surface area contributed by atoms with Crippen LogP contribution in [0.15, 0.2) is 0 Å². The molecule has 0 saturated carbocycles. The van der Waals surface area contributed by atoms with E-state index in [1.807, 2.05) is 0 Å². The second-order valence-electron chi connectivity index (χ2n) is 2.02. The fraction of sp³-hybridized carbons (Fsp3) is 1.00. The zero-order valence-corrected chi connectivity index (χ0v) is 4.99. The molecule has 0 aromatic heterocycles. The van der Waals surface area contributed by atoms with Gasteiger partial charge in [-0.25, -0.2) is 4.89 Å². The molecule has 0 bridgehead atoms. The molecule has 2 N–H and O–H groups in total. The first-order valence-electron chi connectivity index (χ1n) is 2.91. The molecule has 4 nitrogen and oxygen atoms in total. The van der Waals surface area contributed by atoms with E-state index in [4.69, 9.17) is 15.1 Å². The molecule has 54 valence electrons. The third-order valence-corrected chi connectivity index (χ3v) is 1.46. The van der Waals surface area contributed by atoms with Crippen LogP contribution in [0.2, 0.25) is 0 Å². The maximum Gasteiger partial charge on any atom is 0.123 e. The van der Waals surface area contributed by atoms with Crippen LogP contribution in [0.4, 0.5) is 0 Å². The van der Waals surface area contributed by atoms with Crippen LogP contribution in [-0.4, -0.2) is 35.8 Å². The fourth-order valence-corrected chi connectivity index (χ4v) is 0.920. The van der Waals surface area contributed by atoms with Gasteiger partial charge in [-0.15, -0.1) is 0 Å². The maximum atomic E-state index is 8.55. The van der Waals surface area contributed by atoms with Crippen molar-refractivity contribution in [3.63, 3.8) is 0 Å². The summed E-state index contributed by atoms with van der Waals surface area (Å²) >= 11 is 0. The highest BCUT2D eigenvalue weighted by Crippen LogP contribution is 2.14. The zero-order chi connectivity index (χ0) is 6.69. The normalized spacial score (nSPS) is 35.3. The minimum atomic E-state index is -0.338. The van der Waals surface area contributed by atoms with Gasteiger partial charge in [-0.05, 0) is 0 Å². The molecule has 4 heteroatoms. The molecular formula is C5H10O4. The van der Waals surface area contributed by atoms with Gasteiger partial charge >= 0.3 is 0 Å². The standard InChI is InChI=1S/C5H10O4/c6-3-5-4(9-7)1-2-8-5/h4-7H,1-3H2/t4?,5-/m0/s1. The second-order valence-corrected chi connectivity index (χ2v) is 2.02. The summed E-state index contributed by atoms with van der Waals surface area (Å²) in [7, 11) is 0. The molecule has 0 amide bonds. The minimum absolute atomic E-state index is 0.0920. The summed E-state index contributed by atoms with van der Waals surface area (Å²) in [5.41, 5.74) is 0. The number of rotatable bonds is 2. The van der Waals surface area contributed by atoms with Crippen molar-refractivity contribution >= 4 is 0 Å². The predicted octanol–water partition coefficient (Wildman–Crippen LogP) is -0.374. The van der Waals surface area contributed by atoms with Crippen molar-refractivity contribution in [1.82, 2.24) is 0 Å². The average molecular weight is 134 g/mol. The lowest BCUT2D eigenvalue weighted by molar-refractivity contribution is -0.287. The molecule has 2 atom stereocenters. The molecular weight excluding hydrogens is 124 g/mol. The van der Waals surface area contributed by atoms with E-state index in [0.29, 0.717) is 13.0 Å². The Bertz CT molecular complexity index is 75.0. The zero-order valence-electron chi connectivity index (χ0n) is 4.99. The van der Waals surface area contributed by atoms with Crippen LogP contribution in [0.1, 0.15) is 6.42 Å². The Kier molecular flexibility index (Phi) is 2.41. The number of hydrogen-bond acceptors (Lipinski definition) is 4. The second kappa shape index (κ2) is 3.12. The highest BCUT2D eigenvalue weighted by atomic mass is 17.1. The molecule has 0 aromatic rings. The Morgan fingerprint density at radius 3 is 2.89 bits per heavy atom. The molecule has 1 heterocycles. The van der Waals surface area contributed by atoms with Gasteiger partial charge < -0.3 is 9.84 Å². The molecule has 1 aliphatic heterocycles. The largest absolute Gasteiger partial charge is 0.394 e. The molecule has 9 heavy (non-hydrogen) atoms. The van der Waals surface area contributed by atoms with Crippen LogP contribution in [0.5, 0.6) is 0 Å². The quantitative estimate of drug-likeness (QED) is 0.399. The van der Waals surface area contributed by atoms with Gasteiger partial charge in [0.1, 0.15) is 12.2 Å². The lowest BCUT2D eigenvalue weighted by Crippen LogP contribution is -2.26. The predicted molar refractivity (Wildman–Crippen MR) is 28.9 cm³/mol. The molecule has 1 fully saturated rings. The molecule has 1 saturated heterocycles. The summed E-state index contributed by atoms with van der Waals surface area (Å²) in [4.78, 5) is 4.03. The van der Waals surface area contributed by atoms with Gasteiger partial charge in [0, 0.05) is 13.0 Å². The third kappa shape index (κ3) is 1.40. The summed E-state index contributed by atoms with van der Waals surface area (Å²) < 4.78 is 4.97. The van der Waals surface area contributed by atoms with Crippen LogP contribution in [-0.2, 0) is 9.62 Å². The van der Waals surface area contributed by atoms with Gasteiger partial charge in [-0.3, -0.25) is 5.26 Å². The SMILES string of the molecule is OC[C@@H]1OCCC1OO. The monoisotopic (exact) mass is 134 g/mol. The van der Waals surface area contributed by atoms with E-state index in [0.717, 1.165) is 0 Å². The smallest absolute Gasteiger partial charge is 0.123 e. The first-order valence-corrected chi connectivity index (χ1v) is 2.91. The highest BCUT2D eigenvalue weighted by molar-refractivity contribution is 4.74. The first-order chi connectivity index (χ1) is 4.38. The molecule has 1 rings (SSSR count). The van der Waals surface area contributed by atoms with E-state index in [2.05, 4.69) is 4.89 Å². The van der Waals surface area contributed by atoms with Crippen LogP contribution in [0.3, 0.4) is 0 Å². The molecule has 1 unspecified atom stereocenters. The van der Waals surface area contributed by atoms with Gasteiger partial charge in [-0.2, -0.15) is 0 Å². The first kappa shape index (κ1) is 6.95. The van der Waals surface area contributed by atoms with E-state index >= 15 is 0 Å². The summed E-state index contributed by atoms with van der Waals surface area (Å²) in [5.74, 6) is 0. The van der Waals surface area contributed by atoms with Crippen LogP contribution in [0, 0.1) is 0 Å². The average Bonchev–Trinajstić information content (AvgIpc) is 2.33. The van der Waals surface area contributed by atoms with Crippen molar-refractivity contribution in [1.29, 1.82) is 0 Å². The Morgan fingerprint density at radius 2 is 2.44 bits per heavy atom. The number of aliphatic hydroxyl groups is 1. The summed E-state index contributed by atoms with van der Waals surface area (Å²) in [6, 6.07) is 0. The van der Waals surface area contributed by atoms with Crippen molar-refractivity contribution < 1.29 is 20.0 Å². The van der Waals surface area contributed by atoms with E-state index in [9.17, 15) is 0 Å². The van der Waals surface area contributed by atoms with Crippen molar-refractivity contribution in [2.45, 2.75) is 18.6 Å². The number of ether oxygens (including phenoxy) is 1. The summed E-state index contributed by atoms with van der Waals surface area (Å²) in [5, 5.41) is 16.7. The Hall–Kier alpha value is -0.160. The van der Waals surface area contributed by atoms with Crippen molar-refractivity contribution in [3.8, 4) is 0 Å². The molecule has 1 aliphatic rings. The van der Waals surface area contributed by atoms with Crippen molar-refractivity contribution in [3.05, 3.63) is 0 Å². The van der Waals surface area contributed by atoms with Crippen LogP contribution < -0.4 is 0 Å². The summed E-state index contributed by atoms with van der Waals surface area (Å²) in [6.07, 6.45) is -0.0214. The van der Waals surface area contributed by atoms with Gasteiger partial charge in [0.2, 0.25) is 0 Å². The molecule has 0 radical (unpaired) electrons.